The van der Waals surface area contributed by atoms with E-state index in [0.717, 1.165) is 23.1 Å². The average molecular weight is 298 g/mol. The van der Waals surface area contributed by atoms with Crippen LogP contribution in [0.3, 0.4) is 0 Å². The fraction of sp³-hybridized carbons (Fsp3) is 0. The van der Waals surface area contributed by atoms with Crippen molar-refractivity contribution in [3.05, 3.63) is 65.3 Å². The van der Waals surface area contributed by atoms with Gasteiger partial charge in [-0.2, -0.15) is 5.10 Å². The zero-order valence-corrected chi connectivity index (χ0v) is 11.8. The van der Waals surface area contributed by atoms with Gasteiger partial charge in [0.15, 0.2) is 6.29 Å². The lowest BCUT2D eigenvalue weighted by molar-refractivity contribution is 0.112. The highest BCUT2D eigenvalue weighted by Crippen LogP contribution is 2.30. The van der Waals surface area contributed by atoms with Crippen LogP contribution in [-0.4, -0.2) is 16.1 Å². The van der Waals surface area contributed by atoms with E-state index in [2.05, 4.69) is 5.10 Å². The maximum Gasteiger partial charge on any atom is 0.150 e. The first-order valence-corrected chi connectivity index (χ1v) is 6.72. The molecule has 2 N–H and O–H groups in total. The molecule has 21 heavy (non-hydrogen) atoms. The van der Waals surface area contributed by atoms with Gasteiger partial charge in [0.25, 0.3) is 0 Å². The van der Waals surface area contributed by atoms with E-state index >= 15 is 0 Å². The molecule has 3 rings (SSSR count). The van der Waals surface area contributed by atoms with Crippen molar-refractivity contribution in [2.24, 2.45) is 0 Å². The molecule has 0 aliphatic rings. The molecule has 0 spiro atoms. The van der Waals surface area contributed by atoms with Gasteiger partial charge < -0.3 is 5.73 Å². The van der Waals surface area contributed by atoms with Gasteiger partial charge in [0.1, 0.15) is 5.82 Å². The second kappa shape index (κ2) is 5.42. The molecular formula is C16H12ClN3O. The standard InChI is InChI=1S/C16H12ClN3O/c17-12-5-3-6-13(8-12)20-16(18)15(9-19-20)14-7-2-1-4-11(14)10-21/h1-10H,18H2. The number of carbonyl (C=O) groups is 1. The van der Waals surface area contributed by atoms with Gasteiger partial charge in [-0.1, -0.05) is 41.9 Å². The normalized spacial score (nSPS) is 10.5. The van der Waals surface area contributed by atoms with Gasteiger partial charge in [-0.3, -0.25) is 4.79 Å². The van der Waals surface area contributed by atoms with Crippen LogP contribution in [0.15, 0.2) is 54.7 Å². The number of carbonyl (C=O) groups excluding carboxylic acids is 1. The first-order valence-electron chi connectivity index (χ1n) is 6.34. The number of aldehydes is 1. The summed E-state index contributed by atoms with van der Waals surface area (Å²) in [6.07, 6.45) is 2.46. The maximum absolute atomic E-state index is 11.1. The number of rotatable bonds is 3. The van der Waals surface area contributed by atoms with Crippen molar-refractivity contribution >= 4 is 23.7 Å². The van der Waals surface area contributed by atoms with Crippen molar-refractivity contribution in [1.29, 1.82) is 0 Å². The Morgan fingerprint density at radius 1 is 1.10 bits per heavy atom. The predicted molar refractivity (Wildman–Crippen MR) is 83.8 cm³/mol. The molecule has 0 aliphatic carbocycles. The molecule has 0 bridgehead atoms. The average Bonchev–Trinajstić information content (AvgIpc) is 2.89. The highest BCUT2D eigenvalue weighted by atomic mass is 35.5. The molecule has 0 aliphatic heterocycles. The second-order valence-electron chi connectivity index (χ2n) is 4.54. The molecule has 1 heterocycles. The number of nitrogens with zero attached hydrogens (tertiary/aromatic N) is 2. The highest BCUT2D eigenvalue weighted by Gasteiger charge is 2.13. The van der Waals surface area contributed by atoms with Crippen molar-refractivity contribution in [1.82, 2.24) is 9.78 Å². The molecule has 104 valence electrons. The second-order valence-corrected chi connectivity index (χ2v) is 4.98. The molecular weight excluding hydrogens is 286 g/mol. The van der Waals surface area contributed by atoms with Crippen LogP contribution < -0.4 is 5.73 Å². The molecule has 0 amide bonds. The van der Waals surface area contributed by atoms with E-state index in [4.69, 9.17) is 17.3 Å². The minimum absolute atomic E-state index is 0.464. The zero-order chi connectivity index (χ0) is 14.8. The topological polar surface area (TPSA) is 60.9 Å². The van der Waals surface area contributed by atoms with E-state index in [1.54, 1.807) is 29.1 Å². The quantitative estimate of drug-likeness (QED) is 0.752. The van der Waals surface area contributed by atoms with Crippen LogP contribution in [0.25, 0.3) is 16.8 Å². The van der Waals surface area contributed by atoms with Crippen LogP contribution in [0.4, 0.5) is 5.82 Å². The van der Waals surface area contributed by atoms with Gasteiger partial charge >= 0.3 is 0 Å². The number of nitrogens with two attached hydrogens (primary N) is 1. The van der Waals surface area contributed by atoms with Gasteiger partial charge in [-0.15, -0.1) is 0 Å². The van der Waals surface area contributed by atoms with Crippen molar-refractivity contribution in [2.45, 2.75) is 0 Å². The van der Waals surface area contributed by atoms with E-state index in [1.165, 1.54) is 0 Å². The fourth-order valence-corrected chi connectivity index (χ4v) is 2.41. The van der Waals surface area contributed by atoms with Crippen LogP contribution in [0, 0.1) is 0 Å². The lowest BCUT2D eigenvalue weighted by Crippen LogP contribution is -2.02. The number of hydrogen-bond donors (Lipinski definition) is 1. The van der Waals surface area contributed by atoms with Gasteiger partial charge in [-0.25, -0.2) is 4.68 Å². The van der Waals surface area contributed by atoms with Crippen LogP contribution >= 0.6 is 11.6 Å². The Balaban J connectivity index is 2.14. The molecule has 3 aromatic rings. The number of anilines is 1. The Kier molecular flexibility index (Phi) is 3.46. The maximum atomic E-state index is 11.1. The van der Waals surface area contributed by atoms with Crippen LogP contribution in [-0.2, 0) is 0 Å². The number of aromatic nitrogens is 2. The Morgan fingerprint density at radius 3 is 2.67 bits per heavy atom. The molecule has 0 atom stereocenters. The fourth-order valence-electron chi connectivity index (χ4n) is 2.22. The van der Waals surface area contributed by atoms with E-state index in [-0.39, 0.29) is 0 Å². The van der Waals surface area contributed by atoms with Gasteiger partial charge in [0.2, 0.25) is 0 Å². The Bertz CT molecular complexity index is 811. The summed E-state index contributed by atoms with van der Waals surface area (Å²) in [5.74, 6) is 0.464. The van der Waals surface area contributed by atoms with Crippen molar-refractivity contribution in [3.63, 3.8) is 0 Å². The molecule has 4 nitrogen and oxygen atoms in total. The van der Waals surface area contributed by atoms with E-state index in [9.17, 15) is 4.79 Å². The summed E-state index contributed by atoms with van der Waals surface area (Å²) < 4.78 is 1.60. The molecule has 0 saturated carbocycles. The van der Waals surface area contributed by atoms with E-state index in [0.29, 0.717) is 16.4 Å². The lowest BCUT2D eigenvalue weighted by atomic mass is 10.0. The summed E-state index contributed by atoms with van der Waals surface area (Å²) in [5, 5.41) is 4.90. The monoisotopic (exact) mass is 297 g/mol. The van der Waals surface area contributed by atoms with Crippen molar-refractivity contribution in [3.8, 4) is 16.8 Å². The highest BCUT2D eigenvalue weighted by molar-refractivity contribution is 6.30. The first-order chi connectivity index (χ1) is 10.2. The van der Waals surface area contributed by atoms with Gasteiger partial charge in [0, 0.05) is 16.1 Å². The van der Waals surface area contributed by atoms with Crippen LogP contribution in [0.1, 0.15) is 10.4 Å². The summed E-state index contributed by atoms with van der Waals surface area (Å²) in [7, 11) is 0. The Hall–Kier alpha value is -2.59. The summed E-state index contributed by atoms with van der Waals surface area (Å²) in [6.45, 7) is 0. The SMILES string of the molecule is Nc1c(-c2ccccc2C=O)cnn1-c1cccc(Cl)c1. The molecule has 0 radical (unpaired) electrons. The Morgan fingerprint density at radius 2 is 1.90 bits per heavy atom. The number of benzene rings is 2. The van der Waals surface area contributed by atoms with Crippen molar-refractivity contribution in [2.75, 3.05) is 5.73 Å². The van der Waals surface area contributed by atoms with Gasteiger partial charge in [0.05, 0.1) is 11.9 Å². The van der Waals surface area contributed by atoms with E-state index in [1.807, 2.05) is 30.3 Å². The van der Waals surface area contributed by atoms with E-state index < -0.39 is 0 Å². The molecule has 0 fully saturated rings. The smallest absolute Gasteiger partial charge is 0.150 e. The lowest BCUT2D eigenvalue weighted by Gasteiger charge is -2.07. The molecule has 0 unspecified atom stereocenters. The molecule has 0 saturated heterocycles. The molecule has 2 aromatic carbocycles. The molecule has 5 heteroatoms. The third-order valence-electron chi connectivity index (χ3n) is 3.24. The summed E-state index contributed by atoms with van der Waals surface area (Å²) in [6, 6.07) is 14.5. The third kappa shape index (κ3) is 2.41. The molecule has 1 aromatic heterocycles. The van der Waals surface area contributed by atoms with Crippen LogP contribution in [0.2, 0.25) is 5.02 Å². The number of nitrogen functional groups attached to an aromatic ring is 1. The minimum Gasteiger partial charge on any atom is -0.383 e. The first kappa shape index (κ1) is 13.4. The summed E-state index contributed by atoms with van der Waals surface area (Å²) in [4.78, 5) is 11.1. The predicted octanol–water partition coefficient (Wildman–Crippen LogP) is 3.59. The largest absolute Gasteiger partial charge is 0.383 e. The summed E-state index contributed by atoms with van der Waals surface area (Å²) in [5.41, 5.74) is 9.02. The van der Waals surface area contributed by atoms with Crippen molar-refractivity contribution < 1.29 is 4.79 Å². The Labute approximate surface area is 126 Å². The number of hydrogen-bond acceptors (Lipinski definition) is 3. The van der Waals surface area contributed by atoms with Gasteiger partial charge in [-0.05, 0) is 23.8 Å². The van der Waals surface area contributed by atoms with Crippen LogP contribution in [0.5, 0.6) is 0 Å². The number of halogens is 1. The third-order valence-corrected chi connectivity index (χ3v) is 3.47. The summed E-state index contributed by atoms with van der Waals surface area (Å²) >= 11 is 5.99. The zero-order valence-electron chi connectivity index (χ0n) is 11.0. The minimum atomic E-state index is 0.464.